The third-order valence-electron chi connectivity index (χ3n) is 4.86. The molecular weight excluding hydrogens is 471 g/mol. The van der Waals surface area contributed by atoms with Crippen LogP contribution in [-0.4, -0.2) is 43.5 Å². The molecule has 1 heterocycles. The Balaban J connectivity index is 1.52. The van der Waals surface area contributed by atoms with Crippen molar-refractivity contribution in [1.29, 1.82) is 0 Å². The maximum atomic E-state index is 12.4. The van der Waals surface area contributed by atoms with Crippen molar-refractivity contribution in [2.24, 2.45) is 5.92 Å². The molecule has 0 aromatic heterocycles. The molecule has 3 rings (SSSR count). The van der Waals surface area contributed by atoms with Crippen molar-refractivity contribution in [2.75, 3.05) is 30.0 Å². The van der Waals surface area contributed by atoms with E-state index in [4.69, 9.17) is 32.7 Å². The lowest BCUT2D eigenvalue weighted by atomic mass is 10.1. The number of carbonyl (C=O) groups excluding carboxylic acids is 4. The smallest absolute Gasteiger partial charge is 0.338 e. The van der Waals surface area contributed by atoms with E-state index in [0.29, 0.717) is 28.6 Å². The molecule has 0 radical (unpaired) electrons. The summed E-state index contributed by atoms with van der Waals surface area (Å²) in [6.45, 7) is 1.83. The van der Waals surface area contributed by atoms with Crippen molar-refractivity contribution < 1.29 is 28.7 Å². The first-order valence-electron chi connectivity index (χ1n) is 10.3. The Morgan fingerprint density at radius 2 is 1.82 bits per heavy atom. The Morgan fingerprint density at radius 3 is 2.48 bits per heavy atom. The highest BCUT2D eigenvalue weighted by Crippen LogP contribution is 2.27. The van der Waals surface area contributed by atoms with Gasteiger partial charge in [0.1, 0.15) is 0 Å². The minimum atomic E-state index is -0.710. The highest BCUT2D eigenvalue weighted by Gasteiger charge is 2.36. The molecule has 0 unspecified atom stereocenters. The lowest BCUT2D eigenvalue weighted by Gasteiger charge is -2.17. The van der Waals surface area contributed by atoms with Gasteiger partial charge in [-0.15, -0.1) is 0 Å². The van der Waals surface area contributed by atoms with Crippen LogP contribution in [0.4, 0.5) is 11.4 Å². The zero-order valence-corrected chi connectivity index (χ0v) is 19.3. The first-order valence-corrected chi connectivity index (χ1v) is 11.0. The summed E-state index contributed by atoms with van der Waals surface area (Å²) in [5.41, 5.74) is 1.27. The molecule has 1 aliphatic rings. The molecule has 1 aliphatic heterocycles. The second-order valence-electron chi connectivity index (χ2n) is 7.37. The quantitative estimate of drug-likeness (QED) is 0.556. The Hall–Kier alpha value is -3.10. The number of amides is 2. The first-order chi connectivity index (χ1) is 15.8. The number of ether oxygens (including phenoxy) is 2. The molecule has 8 nitrogen and oxygen atoms in total. The van der Waals surface area contributed by atoms with E-state index in [9.17, 15) is 19.2 Å². The van der Waals surface area contributed by atoms with E-state index in [2.05, 4.69) is 5.32 Å². The van der Waals surface area contributed by atoms with Crippen LogP contribution in [0.5, 0.6) is 0 Å². The largest absolute Gasteiger partial charge is 0.462 e. The summed E-state index contributed by atoms with van der Waals surface area (Å²) in [7, 11) is 0. The molecular formula is C23H22Cl2N2O6. The van der Waals surface area contributed by atoms with E-state index in [1.165, 1.54) is 17.0 Å². The van der Waals surface area contributed by atoms with Crippen molar-refractivity contribution in [3.63, 3.8) is 0 Å². The summed E-state index contributed by atoms with van der Waals surface area (Å²) < 4.78 is 10.2. The lowest BCUT2D eigenvalue weighted by Crippen LogP contribution is -2.28. The zero-order valence-electron chi connectivity index (χ0n) is 17.8. The average Bonchev–Trinajstić information content (AvgIpc) is 3.19. The second kappa shape index (κ2) is 11.2. The van der Waals surface area contributed by atoms with Crippen LogP contribution in [0, 0.1) is 5.92 Å². The fourth-order valence-electron chi connectivity index (χ4n) is 3.20. The Morgan fingerprint density at radius 1 is 1.09 bits per heavy atom. The predicted molar refractivity (Wildman–Crippen MR) is 124 cm³/mol. The van der Waals surface area contributed by atoms with E-state index in [-0.39, 0.29) is 23.9 Å². The van der Waals surface area contributed by atoms with Crippen LogP contribution in [0.25, 0.3) is 0 Å². The van der Waals surface area contributed by atoms with Crippen LogP contribution in [-0.2, 0) is 23.9 Å². The molecule has 0 saturated carbocycles. The van der Waals surface area contributed by atoms with Gasteiger partial charge in [0.25, 0.3) is 5.91 Å². The maximum Gasteiger partial charge on any atom is 0.338 e. The van der Waals surface area contributed by atoms with E-state index < -0.39 is 30.4 Å². The van der Waals surface area contributed by atoms with E-state index in [1.54, 1.807) is 30.3 Å². The summed E-state index contributed by atoms with van der Waals surface area (Å²) in [4.78, 5) is 50.2. The number of benzene rings is 2. The minimum absolute atomic E-state index is 0.0379. The zero-order chi connectivity index (χ0) is 24.0. The van der Waals surface area contributed by atoms with Crippen molar-refractivity contribution in [2.45, 2.75) is 19.8 Å². The van der Waals surface area contributed by atoms with Gasteiger partial charge in [0.15, 0.2) is 6.61 Å². The monoisotopic (exact) mass is 492 g/mol. The molecule has 1 atom stereocenters. The van der Waals surface area contributed by atoms with E-state index in [1.807, 2.05) is 6.92 Å². The standard InChI is InChI=1S/C23H22Cl2N2O6/c1-2-9-32-22(30)14-3-6-17(7-4-14)27-12-15(10-21(27)29)23(31)33-13-20(28)26-19-8-5-16(24)11-18(19)25/h3-8,11,15H,2,9-10,12-13H2,1H3,(H,26,28)/t15-/m0/s1. The van der Waals surface area contributed by atoms with E-state index in [0.717, 1.165) is 6.42 Å². The number of carbonyl (C=O) groups is 4. The van der Waals surface area contributed by atoms with Gasteiger partial charge in [0.2, 0.25) is 5.91 Å². The fraction of sp³-hybridized carbons (Fsp3) is 0.304. The molecule has 1 N–H and O–H groups in total. The lowest BCUT2D eigenvalue weighted by molar-refractivity contribution is -0.151. The summed E-state index contributed by atoms with van der Waals surface area (Å²) in [6, 6.07) is 11.0. The van der Waals surface area contributed by atoms with E-state index >= 15 is 0 Å². The van der Waals surface area contributed by atoms with Crippen LogP contribution < -0.4 is 10.2 Å². The molecule has 174 valence electrons. The van der Waals surface area contributed by atoms with Crippen LogP contribution in [0.1, 0.15) is 30.1 Å². The van der Waals surface area contributed by atoms with Crippen LogP contribution in [0.2, 0.25) is 10.0 Å². The van der Waals surface area contributed by atoms with Crippen molar-refractivity contribution in [3.8, 4) is 0 Å². The first kappa shape index (κ1) is 24.5. The molecule has 2 amide bonds. The SMILES string of the molecule is CCCOC(=O)c1ccc(N2C[C@@H](C(=O)OCC(=O)Nc3ccc(Cl)cc3Cl)CC2=O)cc1. The average molecular weight is 493 g/mol. The highest BCUT2D eigenvalue weighted by atomic mass is 35.5. The number of hydrogen-bond acceptors (Lipinski definition) is 6. The number of rotatable bonds is 8. The highest BCUT2D eigenvalue weighted by molar-refractivity contribution is 6.36. The second-order valence-corrected chi connectivity index (χ2v) is 8.21. The van der Waals surface area contributed by atoms with Crippen molar-refractivity contribution in [3.05, 3.63) is 58.1 Å². The summed E-state index contributed by atoms with van der Waals surface area (Å²) >= 11 is 11.8. The number of esters is 2. The number of anilines is 2. The summed E-state index contributed by atoms with van der Waals surface area (Å²) in [5.74, 6) is -2.62. The number of hydrogen-bond donors (Lipinski definition) is 1. The van der Waals surface area contributed by atoms with Gasteiger partial charge in [-0.25, -0.2) is 4.79 Å². The molecule has 10 heteroatoms. The molecule has 0 spiro atoms. The van der Waals surface area contributed by atoms with Gasteiger partial charge >= 0.3 is 11.9 Å². The van der Waals surface area contributed by atoms with Gasteiger partial charge in [-0.1, -0.05) is 30.1 Å². The van der Waals surface area contributed by atoms with Crippen molar-refractivity contribution >= 4 is 58.3 Å². The van der Waals surface area contributed by atoms with Gasteiger partial charge < -0.3 is 19.7 Å². The Kier molecular flexibility index (Phi) is 8.30. The molecule has 0 aliphatic carbocycles. The summed E-state index contributed by atoms with van der Waals surface area (Å²) in [6.07, 6.45) is 0.684. The van der Waals surface area contributed by atoms with Crippen LogP contribution >= 0.6 is 23.2 Å². The molecule has 2 aromatic carbocycles. The third-order valence-corrected chi connectivity index (χ3v) is 5.41. The Labute approximate surface area is 200 Å². The molecule has 1 fully saturated rings. The molecule has 0 bridgehead atoms. The van der Waals surface area contributed by atoms with Gasteiger partial charge in [0.05, 0.1) is 28.8 Å². The van der Waals surface area contributed by atoms with Gasteiger partial charge in [-0.2, -0.15) is 0 Å². The number of halogens is 2. The topological polar surface area (TPSA) is 102 Å². The number of nitrogens with one attached hydrogen (secondary N) is 1. The van der Waals surface area contributed by atoms with Gasteiger partial charge in [-0.05, 0) is 48.9 Å². The molecule has 2 aromatic rings. The maximum absolute atomic E-state index is 12.4. The number of nitrogens with zero attached hydrogens (tertiary/aromatic N) is 1. The van der Waals surface area contributed by atoms with Crippen LogP contribution in [0.15, 0.2) is 42.5 Å². The van der Waals surface area contributed by atoms with Gasteiger partial charge in [-0.3, -0.25) is 14.4 Å². The fourth-order valence-corrected chi connectivity index (χ4v) is 3.66. The summed E-state index contributed by atoms with van der Waals surface area (Å²) in [5, 5.41) is 3.21. The molecule has 1 saturated heterocycles. The third kappa shape index (κ3) is 6.46. The normalized spacial score (nSPS) is 15.3. The Bertz CT molecular complexity index is 1060. The minimum Gasteiger partial charge on any atom is -0.462 e. The van der Waals surface area contributed by atoms with Crippen LogP contribution in [0.3, 0.4) is 0 Å². The van der Waals surface area contributed by atoms with Gasteiger partial charge in [0, 0.05) is 23.7 Å². The van der Waals surface area contributed by atoms with Crippen molar-refractivity contribution in [1.82, 2.24) is 0 Å². The molecule has 33 heavy (non-hydrogen) atoms. The predicted octanol–water partition coefficient (Wildman–Crippen LogP) is 4.10.